The van der Waals surface area contributed by atoms with Gasteiger partial charge in [-0.2, -0.15) is 4.28 Å². The average Bonchev–Trinajstić information content (AvgIpc) is 2.88. The first-order valence-corrected chi connectivity index (χ1v) is 13.3. The molecule has 3 aromatic carbocycles. The molecule has 7 nitrogen and oxygen atoms in total. The largest absolute Gasteiger partial charge is 0.466 e. The summed E-state index contributed by atoms with van der Waals surface area (Å²) in [5, 5.41) is 2.22. The Balaban J connectivity index is 1.44. The molecule has 0 saturated carbocycles. The Hall–Kier alpha value is -2.85. The van der Waals surface area contributed by atoms with Gasteiger partial charge in [-0.3, -0.25) is 14.4 Å². The number of hydroxylamine groups is 2. The van der Waals surface area contributed by atoms with Crippen LogP contribution in [0.4, 0.5) is 0 Å². The van der Waals surface area contributed by atoms with Crippen LogP contribution in [0.3, 0.4) is 0 Å². The number of methoxy groups -OCH3 is 1. The molecule has 36 heavy (non-hydrogen) atoms. The molecule has 0 fully saturated rings. The van der Waals surface area contributed by atoms with Crippen molar-refractivity contribution in [3.8, 4) is 0 Å². The first-order valence-electron chi connectivity index (χ1n) is 11.6. The molecule has 0 N–H and O–H groups in total. The van der Waals surface area contributed by atoms with E-state index in [2.05, 4.69) is 0 Å². The molecule has 3 aromatic rings. The number of hydrogen-bond acceptors (Lipinski definition) is 8. The van der Waals surface area contributed by atoms with E-state index < -0.39 is 11.8 Å². The predicted octanol–water partition coefficient (Wildman–Crippen LogP) is 5.83. The van der Waals surface area contributed by atoms with Crippen molar-refractivity contribution in [1.29, 1.82) is 0 Å². The van der Waals surface area contributed by atoms with Crippen LogP contribution in [0.5, 0.6) is 0 Å². The first kappa shape index (κ1) is 26.2. The van der Waals surface area contributed by atoms with E-state index >= 15 is 0 Å². The van der Waals surface area contributed by atoms with Crippen molar-refractivity contribution in [1.82, 2.24) is 5.06 Å². The minimum absolute atomic E-state index is 0.0396. The van der Waals surface area contributed by atoms with E-state index in [1.807, 2.05) is 50.2 Å². The lowest BCUT2D eigenvalue weighted by Gasteiger charge is -2.25. The fourth-order valence-electron chi connectivity index (χ4n) is 3.69. The number of carbonyl (C=O) groups is 3. The minimum Gasteiger partial charge on any atom is -0.466 e. The zero-order valence-corrected chi connectivity index (χ0v) is 21.9. The zero-order chi connectivity index (χ0) is 25.7. The smallest absolute Gasteiger partial charge is 0.306 e. The summed E-state index contributed by atoms with van der Waals surface area (Å²) in [4.78, 5) is 40.0. The number of imide groups is 1. The summed E-state index contributed by atoms with van der Waals surface area (Å²) in [7, 11) is 1.62. The second-order valence-corrected chi connectivity index (χ2v) is 10.3. The standard InChI is InChI=1S/C27H27NO6S2/c1-17-7-9-19(10-8-17)36-34-28-26(30)21-6-4-5-20-23(12-11-22(25(20)21)27(28)31)35-16-14-24(29)33-15-13-18(2)32-3/h4-12,18H,13-16H2,1-3H3. The van der Waals surface area contributed by atoms with Crippen LogP contribution in [-0.2, 0) is 18.6 Å². The maximum atomic E-state index is 13.2. The minimum atomic E-state index is -0.506. The van der Waals surface area contributed by atoms with Crippen molar-refractivity contribution in [2.75, 3.05) is 19.5 Å². The highest BCUT2D eigenvalue weighted by molar-refractivity contribution is 7.99. The van der Waals surface area contributed by atoms with Gasteiger partial charge in [-0.05, 0) is 49.6 Å². The van der Waals surface area contributed by atoms with E-state index in [1.54, 1.807) is 25.3 Å². The molecule has 0 saturated heterocycles. The van der Waals surface area contributed by atoms with Gasteiger partial charge in [-0.1, -0.05) is 29.8 Å². The summed E-state index contributed by atoms with van der Waals surface area (Å²) in [5.74, 6) is -0.762. The monoisotopic (exact) mass is 525 g/mol. The van der Waals surface area contributed by atoms with Gasteiger partial charge in [0.2, 0.25) is 0 Å². The second kappa shape index (κ2) is 11.9. The van der Waals surface area contributed by atoms with E-state index in [0.29, 0.717) is 35.3 Å². The van der Waals surface area contributed by atoms with Crippen LogP contribution >= 0.6 is 23.8 Å². The molecule has 1 unspecified atom stereocenters. The maximum absolute atomic E-state index is 13.2. The van der Waals surface area contributed by atoms with Crippen molar-refractivity contribution in [2.45, 2.75) is 42.6 Å². The van der Waals surface area contributed by atoms with Gasteiger partial charge in [-0.25, -0.2) is 0 Å². The number of rotatable bonds is 11. The van der Waals surface area contributed by atoms with Crippen molar-refractivity contribution < 1.29 is 28.1 Å². The predicted molar refractivity (Wildman–Crippen MR) is 140 cm³/mol. The number of thioether (sulfide) groups is 1. The van der Waals surface area contributed by atoms with Gasteiger partial charge in [0.25, 0.3) is 11.8 Å². The van der Waals surface area contributed by atoms with Gasteiger partial charge >= 0.3 is 5.97 Å². The molecule has 9 heteroatoms. The third-order valence-electron chi connectivity index (χ3n) is 5.81. The van der Waals surface area contributed by atoms with E-state index in [-0.39, 0.29) is 18.5 Å². The van der Waals surface area contributed by atoms with Crippen molar-refractivity contribution in [2.24, 2.45) is 0 Å². The highest BCUT2D eigenvalue weighted by Crippen LogP contribution is 2.37. The number of esters is 1. The van der Waals surface area contributed by atoms with Crippen LogP contribution in [0.25, 0.3) is 10.8 Å². The second-order valence-electron chi connectivity index (χ2n) is 8.37. The quantitative estimate of drug-likeness (QED) is 0.134. The van der Waals surface area contributed by atoms with Crippen LogP contribution in [0.2, 0.25) is 0 Å². The lowest BCUT2D eigenvalue weighted by molar-refractivity contribution is -0.143. The molecule has 188 valence electrons. The summed E-state index contributed by atoms with van der Waals surface area (Å²) in [6.07, 6.45) is 0.944. The Kier molecular flexibility index (Phi) is 8.68. The van der Waals surface area contributed by atoms with E-state index in [9.17, 15) is 14.4 Å². The van der Waals surface area contributed by atoms with Crippen molar-refractivity contribution in [3.05, 3.63) is 71.3 Å². The topological polar surface area (TPSA) is 82.1 Å². The highest BCUT2D eigenvalue weighted by Gasteiger charge is 2.35. The Labute approximate surface area is 218 Å². The van der Waals surface area contributed by atoms with E-state index in [0.717, 1.165) is 37.8 Å². The first-order chi connectivity index (χ1) is 17.4. The number of nitrogens with zero attached hydrogens (tertiary/aromatic N) is 1. The van der Waals surface area contributed by atoms with Crippen LogP contribution in [0, 0.1) is 6.92 Å². The third kappa shape index (κ3) is 5.92. The number of hydrogen-bond donors (Lipinski definition) is 0. The molecule has 1 aliphatic heterocycles. The molecule has 1 aliphatic rings. The summed E-state index contributed by atoms with van der Waals surface area (Å²) in [5.41, 5.74) is 1.91. The molecule has 2 amide bonds. The van der Waals surface area contributed by atoms with Gasteiger partial charge in [0.1, 0.15) is 0 Å². The number of amides is 2. The molecule has 0 bridgehead atoms. The highest BCUT2D eigenvalue weighted by atomic mass is 32.2. The van der Waals surface area contributed by atoms with Gasteiger partial charge in [0.05, 0.1) is 42.3 Å². The SMILES string of the molecule is COC(C)CCOC(=O)CCSc1ccc2c3c(cccc13)C(=O)N(OSc1ccc(C)cc1)C2=O. The molecule has 0 aliphatic carbocycles. The number of aryl methyl sites for hydroxylation is 1. The van der Waals surface area contributed by atoms with E-state index in [4.69, 9.17) is 13.8 Å². The molecule has 1 atom stereocenters. The molecule has 0 spiro atoms. The Morgan fingerprint density at radius 2 is 1.72 bits per heavy atom. The average molecular weight is 526 g/mol. The summed E-state index contributed by atoms with van der Waals surface area (Å²) >= 11 is 2.45. The van der Waals surface area contributed by atoms with Gasteiger partial charge < -0.3 is 9.47 Å². The van der Waals surface area contributed by atoms with Crippen LogP contribution in [0.15, 0.2) is 64.4 Å². The fraction of sp³-hybridized carbons (Fsp3) is 0.296. The molecule has 4 rings (SSSR count). The third-order valence-corrected chi connectivity index (χ3v) is 7.58. The van der Waals surface area contributed by atoms with Crippen LogP contribution in [0.1, 0.15) is 46.0 Å². The van der Waals surface area contributed by atoms with Crippen molar-refractivity contribution >= 4 is 52.4 Å². The number of ether oxygens (including phenoxy) is 2. The molecular formula is C27H27NO6S2. The van der Waals surface area contributed by atoms with Gasteiger partial charge in [-0.15, -0.1) is 16.8 Å². The molecule has 0 aromatic heterocycles. The van der Waals surface area contributed by atoms with E-state index in [1.165, 1.54) is 11.8 Å². The molecule has 1 heterocycles. The Bertz CT molecular complexity index is 1250. The lowest BCUT2D eigenvalue weighted by atomic mass is 9.95. The summed E-state index contributed by atoms with van der Waals surface area (Å²) in [6, 6.07) is 16.5. The Morgan fingerprint density at radius 3 is 2.44 bits per heavy atom. The van der Waals surface area contributed by atoms with Crippen molar-refractivity contribution in [3.63, 3.8) is 0 Å². The van der Waals surface area contributed by atoms with Crippen LogP contribution in [-0.4, -0.2) is 48.4 Å². The fourth-order valence-corrected chi connectivity index (χ4v) is 5.21. The molecular weight excluding hydrogens is 498 g/mol. The number of benzene rings is 3. The normalized spacial score (nSPS) is 13.8. The lowest BCUT2D eigenvalue weighted by Crippen LogP contribution is -2.38. The Morgan fingerprint density at radius 1 is 1.00 bits per heavy atom. The summed E-state index contributed by atoms with van der Waals surface area (Å²) in [6.45, 7) is 4.23. The maximum Gasteiger partial charge on any atom is 0.306 e. The van der Waals surface area contributed by atoms with Gasteiger partial charge in [0.15, 0.2) is 0 Å². The molecule has 0 radical (unpaired) electrons. The zero-order valence-electron chi connectivity index (χ0n) is 20.3. The number of carbonyl (C=O) groups excluding carboxylic acids is 3. The summed E-state index contributed by atoms with van der Waals surface area (Å²) < 4.78 is 16.0. The van der Waals surface area contributed by atoms with Crippen LogP contribution < -0.4 is 0 Å². The van der Waals surface area contributed by atoms with Gasteiger partial charge in [0, 0.05) is 34.5 Å².